The first kappa shape index (κ1) is 20.2. The second-order valence-electron chi connectivity index (χ2n) is 6.29. The van der Waals surface area contributed by atoms with E-state index in [4.69, 9.17) is 5.73 Å². The summed E-state index contributed by atoms with van der Waals surface area (Å²) in [4.78, 5) is 28.2. The summed E-state index contributed by atoms with van der Waals surface area (Å²) in [6, 6.07) is 0. The van der Waals surface area contributed by atoms with Crippen molar-refractivity contribution in [2.75, 3.05) is 26.2 Å². The Morgan fingerprint density at radius 2 is 1.67 bits per heavy atom. The van der Waals surface area contributed by atoms with Gasteiger partial charge in [0.05, 0.1) is 5.54 Å². The van der Waals surface area contributed by atoms with Crippen LogP contribution in [0.1, 0.15) is 47.0 Å². The van der Waals surface area contributed by atoms with Crippen LogP contribution in [0.5, 0.6) is 0 Å². The van der Waals surface area contributed by atoms with Gasteiger partial charge in [0.2, 0.25) is 11.8 Å². The van der Waals surface area contributed by atoms with E-state index in [1.54, 1.807) is 6.92 Å². The molecule has 0 aromatic rings. The molecule has 0 saturated carbocycles. The molecule has 0 bridgehead atoms. The Kier molecular flexibility index (Phi) is 8.26. The molecule has 0 radical (unpaired) electrons. The van der Waals surface area contributed by atoms with Gasteiger partial charge in [-0.05, 0) is 19.8 Å². The Bertz CT molecular complexity index is 359. The second-order valence-corrected chi connectivity index (χ2v) is 6.29. The minimum Gasteiger partial charge on any atom is -0.341 e. The molecule has 124 valence electrons. The van der Waals surface area contributed by atoms with Crippen molar-refractivity contribution in [3.05, 3.63) is 0 Å². The smallest absolute Gasteiger partial charge is 0.242 e. The summed E-state index contributed by atoms with van der Waals surface area (Å²) in [6.45, 7) is 10.3. The molecule has 1 saturated heterocycles. The lowest BCUT2D eigenvalue weighted by molar-refractivity contribution is -0.138. The first-order valence-electron chi connectivity index (χ1n) is 7.66. The van der Waals surface area contributed by atoms with Crippen LogP contribution in [-0.2, 0) is 9.59 Å². The van der Waals surface area contributed by atoms with Gasteiger partial charge < -0.3 is 15.5 Å². The molecule has 1 rings (SSSR count). The molecule has 0 aliphatic carbocycles. The Morgan fingerprint density at radius 3 is 2.19 bits per heavy atom. The standard InChI is InChI=1S/C15H29N3O2.ClH/c1-5-7-15(4,16)14(20)18-9-6-8-17(10-11-18)13(19)12(2)3;/h12H,5-11,16H2,1-4H3;1H. The zero-order chi connectivity index (χ0) is 15.3. The number of hydrogen-bond donors (Lipinski definition) is 1. The van der Waals surface area contributed by atoms with Crippen molar-refractivity contribution < 1.29 is 9.59 Å². The van der Waals surface area contributed by atoms with Gasteiger partial charge in [0.15, 0.2) is 0 Å². The quantitative estimate of drug-likeness (QED) is 0.856. The molecule has 0 spiro atoms. The average Bonchev–Trinajstić information content (AvgIpc) is 2.62. The first-order chi connectivity index (χ1) is 9.29. The summed E-state index contributed by atoms with van der Waals surface area (Å²) in [5, 5.41) is 0. The van der Waals surface area contributed by atoms with Crippen LogP contribution < -0.4 is 5.73 Å². The molecule has 1 aliphatic rings. The van der Waals surface area contributed by atoms with Crippen LogP contribution in [0.3, 0.4) is 0 Å². The van der Waals surface area contributed by atoms with E-state index >= 15 is 0 Å². The summed E-state index contributed by atoms with van der Waals surface area (Å²) in [6.07, 6.45) is 2.41. The molecule has 2 N–H and O–H groups in total. The van der Waals surface area contributed by atoms with Crippen LogP contribution in [0.25, 0.3) is 0 Å². The van der Waals surface area contributed by atoms with E-state index in [0.717, 1.165) is 19.4 Å². The fraction of sp³-hybridized carbons (Fsp3) is 0.867. The van der Waals surface area contributed by atoms with Gasteiger partial charge in [0.1, 0.15) is 0 Å². The summed E-state index contributed by atoms with van der Waals surface area (Å²) >= 11 is 0. The fourth-order valence-electron chi connectivity index (χ4n) is 2.69. The van der Waals surface area contributed by atoms with Gasteiger partial charge in [-0.25, -0.2) is 0 Å². The third-order valence-corrected chi connectivity index (χ3v) is 3.85. The van der Waals surface area contributed by atoms with Crippen LogP contribution >= 0.6 is 12.4 Å². The molecular formula is C15H30ClN3O2. The number of amides is 2. The highest BCUT2D eigenvalue weighted by molar-refractivity contribution is 5.86. The molecule has 2 amide bonds. The predicted molar refractivity (Wildman–Crippen MR) is 87.4 cm³/mol. The van der Waals surface area contributed by atoms with Crippen LogP contribution in [0.4, 0.5) is 0 Å². The van der Waals surface area contributed by atoms with Crippen LogP contribution in [-0.4, -0.2) is 53.3 Å². The fourth-order valence-corrected chi connectivity index (χ4v) is 2.69. The number of carbonyl (C=O) groups excluding carboxylic acids is 2. The Hall–Kier alpha value is -0.810. The van der Waals surface area contributed by atoms with E-state index in [1.807, 2.05) is 30.6 Å². The Balaban J connectivity index is 0.00000400. The Labute approximate surface area is 134 Å². The zero-order valence-electron chi connectivity index (χ0n) is 13.7. The van der Waals surface area contributed by atoms with Crippen molar-refractivity contribution in [1.82, 2.24) is 9.80 Å². The molecular weight excluding hydrogens is 290 g/mol. The SMILES string of the molecule is CCCC(C)(N)C(=O)N1CCCN(C(=O)C(C)C)CC1.Cl. The van der Waals surface area contributed by atoms with Crippen molar-refractivity contribution in [2.24, 2.45) is 11.7 Å². The number of halogens is 1. The van der Waals surface area contributed by atoms with Crippen LogP contribution in [0.2, 0.25) is 0 Å². The molecule has 1 heterocycles. The number of rotatable bonds is 4. The molecule has 5 nitrogen and oxygen atoms in total. The van der Waals surface area contributed by atoms with E-state index in [9.17, 15) is 9.59 Å². The van der Waals surface area contributed by atoms with Gasteiger partial charge >= 0.3 is 0 Å². The molecule has 1 aliphatic heterocycles. The van der Waals surface area contributed by atoms with E-state index in [1.165, 1.54) is 0 Å². The maximum atomic E-state index is 12.5. The second kappa shape index (κ2) is 8.59. The number of nitrogens with two attached hydrogens (primary N) is 1. The van der Waals surface area contributed by atoms with Crippen LogP contribution in [0.15, 0.2) is 0 Å². The highest BCUT2D eigenvalue weighted by Crippen LogP contribution is 2.15. The minimum atomic E-state index is -0.786. The number of nitrogens with zero attached hydrogens (tertiary/aromatic N) is 2. The lowest BCUT2D eigenvalue weighted by Crippen LogP contribution is -2.54. The number of hydrogen-bond acceptors (Lipinski definition) is 3. The zero-order valence-corrected chi connectivity index (χ0v) is 14.5. The lowest BCUT2D eigenvalue weighted by atomic mass is 9.95. The summed E-state index contributed by atoms with van der Waals surface area (Å²) < 4.78 is 0. The topological polar surface area (TPSA) is 66.6 Å². The van der Waals surface area contributed by atoms with E-state index in [-0.39, 0.29) is 30.1 Å². The van der Waals surface area contributed by atoms with Gasteiger partial charge in [-0.3, -0.25) is 9.59 Å². The lowest BCUT2D eigenvalue weighted by Gasteiger charge is -2.31. The molecule has 1 atom stereocenters. The highest BCUT2D eigenvalue weighted by atomic mass is 35.5. The van der Waals surface area contributed by atoms with Crippen molar-refractivity contribution in [3.8, 4) is 0 Å². The van der Waals surface area contributed by atoms with Gasteiger partial charge in [0, 0.05) is 32.1 Å². The van der Waals surface area contributed by atoms with Crippen molar-refractivity contribution >= 4 is 24.2 Å². The van der Waals surface area contributed by atoms with Crippen molar-refractivity contribution in [2.45, 2.75) is 52.5 Å². The van der Waals surface area contributed by atoms with Crippen molar-refractivity contribution in [1.29, 1.82) is 0 Å². The minimum absolute atomic E-state index is 0. The molecule has 1 fully saturated rings. The Morgan fingerprint density at radius 1 is 1.14 bits per heavy atom. The summed E-state index contributed by atoms with van der Waals surface area (Å²) in [7, 11) is 0. The third kappa shape index (κ3) is 5.47. The molecule has 0 aromatic carbocycles. The predicted octanol–water partition coefficient (Wildman–Crippen LogP) is 1.64. The van der Waals surface area contributed by atoms with Crippen molar-refractivity contribution in [3.63, 3.8) is 0 Å². The average molecular weight is 320 g/mol. The van der Waals surface area contributed by atoms with Gasteiger partial charge in [-0.2, -0.15) is 0 Å². The monoisotopic (exact) mass is 319 g/mol. The summed E-state index contributed by atoms with van der Waals surface area (Å²) in [5.41, 5.74) is 5.34. The van der Waals surface area contributed by atoms with Crippen LogP contribution in [0, 0.1) is 5.92 Å². The third-order valence-electron chi connectivity index (χ3n) is 3.85. The van der Waals surface area contributed by atoms with E-state index < -0.39 is 5.54 Å². The molecule has 21 heavy (non-hydrogen) atoms. The maximum absolute atomic E-state index is 12.5. The number of carbonyl (C=O) groups is 2. The van der Waals surface area contributed by atoms with E-state index in [0.29, 0.717) is 26.1 Å². The van der Waals surface area contributed by atoms with E-state index in [2.05, 4.69) is 0 Å². The maximum Gasteiger partial charge on any atom is 0.242 e. The molecule has 1 unspecified atom stereocenters. The largest absolute Gasteiger partial charge is 0.341 e. The first-order valence-corrected chi connectivity index (χ1v) is 7.66. The summed E-state index contributed by atoms with van der Waals surface area (Å²) in [5.74, 6) is 0.193. The van der Waals surface area contributed by atoms with Gasteiger partial charge in [-0.1, -0.05) is 27.2 Å². The highest BCUT2D eigenvalue weighted by Gasteiger charge is 2.33. The normalized spacial score (nSPS) is 18.8. The van der Waals surface area contributed by atoms with Gasteiger partial charge in [-0.15, -0.1) is 12.4 Å². The van der Waals surface area contributed by atoms with Gasteiger partial charge in [0.25, 0.3) is 0 Å². The molecule has 6 heteroatoms. The molecule has 0 aromatic heterocycles.